The Balaban J connectivity index is 1.76. The van der Waals surface area contributed by atoms with Crippen LogP contribution in [0.5, 0.6) is 0 Å². The van der Waals surface area contributed by atoms with Crippen LogP contribution in [0, 0.1) is 0 Å². The van der Waals surface area contributed by atoms with Gasteiger partial charge in [0.05, 0.1) is 5.02 Å². The Morgan fingerprint density at radius 1 is 1.04 bits per heavy atom. The summed E-state index contributed by atoms with van der Waals surface area (Å²) in [4.78, 5) is 23.6. The summed E-state index contributed by atoms with van der Waals surface area (Å²) in [6.45, 7) is 0. The van der Waals surface area contributed by atoms with Crippen molar-refractivity contribution in [2.45, 2.75) is 6.42 Å². The van der Waals surface area contributed by atoms with Crippen molar-refractivity contribution in [2.24, 2.45) is 0 Å². The highest BCUT2D eigenvalue weighted by molar-refractivity contribution is 14.1. The number of halogens is 2. The molecule has 0 atom stereocenters. The minimum absolute atomic E-state index is 0.0384. The first-order chi connectivity index (χ1) is 12.0. The maximum absolute atomic E-state index is 12.4. The van der Waals surface area contributed by atoms with Gasteiger partial charge in [-0.3, -0.25) is 9.59 Å². The molecule has 0 spiro atoms. The van der Waals surface area contributed by atoms with Crippen LogP contribution in [0.15, 0.2) is 65.1 Å². The standard InChI is InChI=1S/C19H13ClINO3/c20-15-7-2-1-6-14(15)16-8-9-17(25-16)19(24)22-13-5-3-4-12(10-13)11-18(21)23/h1-10H,11H2,(H,22,24). The molecule has 0 radical (unpaired) electrons. The smallest absolute Gasteiger partial charge is 0.291 e. The predicted octanol–water partition coefficient (Wildman–Crippen LogP) is 5.36. The van der Waals surface area contributed by atoms with E-state index in [0.29, 0.717) is 22.9 Å². The van der Waals surface area contributed by atoms with Crippen LogP contribution in [0.3, 0.4) is 0 Å². The number of carbonyl (C=O) groups excluding carboxylic acids is 2. The topological polar surface area (TPSA) is 59.3 Å². The van der Waals surface area contributed by atoms with Crippen molar-refractivity contribution in [1.29, 1.82) is 0 Å². The number of anilines is 1. The van der Waals surface area contributed by atoms with Crippen molar-refractivity contribution in [3.8, 4) is 11.3 Å². The lowest BCUT2D eigenvalue weighted by Gasteiger charge is -2.05. The lowest BCUT2D eigenvalue weighted by Crippen LogP contribution is -2.11. The van der Waals surface area contributed by atoms with Gasteiger partial charge >= 0.3 is 0 Å². The normalized spacial score (nSPS) is 10.5. The van der Waals surface area contributed by atoms with Crippen molar-refractivity contribution in [2.75, 3.05) is 5.32 Å². The Labute approximate surface area is 163 Å². The highest BCUT2D eigenvalue weighted by Gasteiger charge is 2.14. The van der Waals surface area contributed by atoms with Gasteiger partial charge in [-0.1, -0.05) is 35.9 Å². The lowest BCUT2D eigenvalue weighted by molar-refractivity contribution is -0.108. The van der Waals surface area contributed by atoms with Crippen LogP contribution in [-0.4, -0.2) is 9.70 Å². The van der Waals surface area contributed by atoms with E-state index in [-0.39, 0.29) is 15.5 Å². The Hall–Kier alpha value is -2.12. The maximum atomic E-state index is 12.4. The minimum atomic E-state index is -0.365. The summed E-state index contributed by atoms with van der Waals surface area (Å²) in [6, 6.07) is 17.7. The molecule has 0 unspecified atom stereocenters. The van der Waals surface area contributed by atoms with Gasteiger partial charge in [-0.2, -0.15) is 0 Å². The molecule has 1 heterocycles. The van der Waals surface area contributed by atoms with Gasteiger partial charge in [-0.05, 0) is 64.6 Å². The van der Waals surface area contributed by atoms with Crippen LogP contribution < -0.4 is 5.32 Å². The van der Waals surface area contributed by atoms with Gasteiger partial charge in [0.15, 0.2) is 9.55 Å². The third kappa shape index (κ3) is 4.49. The summed E-state index contributed by atoms with van der Waals surface area (Å²) in [7, 11) is 0. The minimum Gasteiger partial charge on any atom is -0.451 e. The van der Waals surface area contributed by atoms with Gasteiger partial charge in [-0.15, -0.1) is 0 Å². The summed E-state index contributed by atoms with van der Waals surface area (Å²) >= 11 is 7.90. The van der Waals surface area contributed by atoms with Crippen molar-refractivity contribution < 1.29 is 14.0 Å². The van der Waals surface area contributed by atoms with E-state index in [4.69, 9.17) is 16.0 Å². The van der Waals surface area contributed by atoms with Gasteiger partial charge in [0.1, 0.15) is 5.76 Å². The van der Waals surface area contributed by atoms with Gasteiger partial charge in [0.2, 0.25) is 0 Å². The third-order valence-electron chi connectivity index (χ3n) is 3.50. The number of nitrogens with one attached hydrogen (secondary N) is 1. The molecule has 0 aliphatic heterocycles. The summed E-state index contributed by atoms with van der Waals surface area (Å²) in [5.41, 5.74) is 2.18. The molecule has 0 aliphatic carbocycles. The van der Waals surface area contributed by atoms with Crippen LogP contribution in [0.1, 0.15) is 16.1 Å². The van der Waals surface area contributed by atoms with Crippen molar-refractivity contribution in [3.63, 3.8) is 0 Å². The lowest BCUT2D eigenvalue weighted by atomic mass is 10.1. The molecule has 126 valence electrons. The van der Waals surface area contributed by atoms with Gasteiger partial charge in [0.25, 0.3) is 5.91 Å². The molecule has 1 N–H and O–H groups in total. The molecule has 1 aromatic heterocycles. The number of furan rings is 1. The zero-order chi connectivity index (χ0) is 17.8. The Morgan fingerprint density at radius 2 is 1.84 bits per heavy atom. The van der Waals surface area contributed by atoms with E-state index >= 15 is 0 Å². The highest BCUT2D eigenvalue weighted by atomic mass is 127. The Bertz CT molecular complexity index is 936. The zero-order valence-electron chi connectivity index (χ0n) is 13.0. The summed E-state index contributed by atoms with van der Waals surface area (Å²) in [6.07, 6.45) is 0.321. The fourth-order valence-electron chi connectivity index (χ4n) is 2.38. The second kappa shape index (κ2) is 7.84. The molecule has 0 aliphatic rings. The largest absolute Gasteiger partial charge is 0.451 e. The fraction of sp³-hybridized carbons (Fsp3) is 0.0526. The molecule has 0 bridgehead atoms. The first kappa shape index (κ1) is 17.7. The maximum Gasteiger partial charge on any atom is 0.291 e. The quantitative estimate of drug-likeness (QED) is 0.408. The van der Waals surface area contributed by atoms with E-state index in [0.717, 1.165) is 11.1 Å². The van der Waals surface area contributed by atoms with E-state index in [2.05, 4.69) is 5.32 Å². The molecule has 6 heteroatoms. The molecule has 2 aromatic carbocycles. The van der Waals surface area contributed by atoms with Crippen molar-refractivity contribution in [1.82, 2.24) is 0 Å². The average Bonchev–Trinajstić information content (AvgIpc) is 3.05. The summed E-state index contributed by atoms with van der Waals surface area (Å²) < 4.78 is 5.67. The number of carbonyl (C=O) groups is 2. The van der Waals surface area contributed by atoms with Crippen molar-refractivity contribution >= 4 is 49.6 Å². The number of hydrogen-bond donors (Lipinski definition) is 1. The van der Waals surface area contributed by atoms with Crippen LogP contribution in [-0.2, 0) is 11.2 Å². The van der Waals surface area contributed by atoms with Crippen molar-refractivity contribution in [3.05, 3.63) is 77.0 Å². The Morgan fingerprint density at radius 3 is 2.60 bits per heavy atom. The monoisotopic (exact) mass is 465 g/mol. The molecule has 0 saturated heterocycles. The number of hydrogen-bond acceptors (Lipinski definition) is 3. The van der Waals surface area contributed by atoms with E-state index in [1.165, 1.54) is 0 Å². The number of amides is 1. The third-order valence-corrected chi connectivity index (χ3v) is 4.21. The van der Waals surface area contributed by atoms with E-state index in [9.17, 15) is 9.59 Å². The molecule has 25 heavy (non-hydrogen) atoms. The van der Waals surface area contributed by atoms with E-state index in [1.807, 2.05) is 24.3 Å². The van der Waals surface area contributed by atoms with Gasteiger partial charge in [-0.25, -0.2) is 0 Å². The van der Waals surface area contributed by atoms with Crippen LogP contribution in [0.2, 0.25) is 5.02 Å². The van der Waals surface area contributed by atoms with E-state index < -0.39 is 0 Å². The number of rotatable bonds is 5. The zero-order valence-corrected chi connectivity index (χ0v) is 15.9. The highest BCUT2D eigenvalue weighted by Crippen LogP contribution is 2.29. The first-order valence-electron chi connectivity index (χ1n) is 7.46. The first-order valence-corrected chi connectivity index (χ1v) is 8.92. The van der Waals surface area contributed by atoms with E-state index in [1.54, 1.807) is 59.0 Å². The Kier molecular flexibility index (Phi) is 5.55. The molecule has 1 amide bonds. The number of benzene rings is 2. The molecular formula is C19H13ClINO3. The van der Waals surface area contributed by atoms with Gasteiger partial charge in [0, 0.05) is 17.7 Å². The second-order valence-electron chi connectivity index (χ2n) is 5.33. The molecule has 0 saturated carbocycles. The van der Waals surface area contributed by atoms with Crippen LogP contribution in [0.25, 0.3) is 11.3 Å². The van der Waals surface area contributed by atoms with Crippen LogP contribution in [0.4, 0.5) is 5.69 Å². The SMILES string of the molecule is O=C(I)Cc1cccc(NC(=O)c2ccc(-c3ccccc3Cl)o2)c1. The second-order valence-corrected chi connectivity index (χ2v) is 6.94. The fourth-order valence-corrected chi connectivity index (χ4v) is 3.05. The molecule has 0 fully saturated rings. The molecule has 4 nitrogen and oxygen atoms in total. The molecule has 3 rings (SSSR count). The average molecular weight is 466 g/mol. The summed E-state index contributed by atoms with van der Waals surface area (Å²) in [5.74, 6) is 0.349. The van der Waals surface area contributed by atoms with Gasteiger partial charge < -0.3 is 9.73 Å². The van der Waals surface area contributed by atoms with Crippen LogP contribution >= 0.6 is 34.2 Å². The molecular weight excluding hydrogens is 453 g/mol. The molecule has 3 aromatic rings. The summed E-state index contributed by atoms with van der Waals surface area (Å²) in [5, 5.41) is 3.33. The predicted molar refractivity (Wildman–Crippen MR) is 106 cm³/mol.